The highest BCUT2D eigenvalue weighted by Gasteiger charge is 2.19. The number of hydrogen-bond donors (Lipinski definition) is 0. The van der Waals surface area contributed by atoms with E-state index in [-0.39, 0.29) is 0 Å². The molecular formula is C12H16ClN. The van der Waals surface area contributed by atoms with E-state index in [0.717, 1.165) is 24.5 Å². The van der Waals surface area contributed by atoms with E-state index >= 15 is 0 Å². The summed E-state index contributed by atoms with van der Waals surface area (Å²) in [6, 6.07) is 6.84. The zero-order valence-electron chi connectivity index (χ0n) is 8.76. The Morgan fingerprint density at radius 2 is 2.14 bits per heavy atom. The number of benzene rings is 1. The fourth-order valence-electron chi connectivity index (χ4n) is 2.00. The molecule has 0 radical (unpaired) electrons. The Bertz CT molecular complexity index is 333. The number of nitrogens with zero attached hydrogens (tertiary/aromatic N) is 1. The van der Waals surface area contributed by atoms with Gasteiger partial charge in [0.1, 0.15) is 0 Å². The van der Waals surface area contributed by atoms with Crippen molar-refractivity contribution in [3.8, 4) is 0 Å². The highest BCUT2D eigenvalue weighted by atomic mass is 35.5. The second-order valence-electron chi connectivity index (χ2n) is 4.19. The van der Waals surface area contributed by atoms with Crippen LogP contribution in [0, 0.1) is 0 Å². The first kappa shape index (κ1) is 10.0. The number of hydrogen-bond acceptors (Lipinski definition) is 1. The summed E-state index contributed by atoms with van der Waals surface area (Å²) in [4.78, 5) is 2.47. The molecule has 0 bridgehead atoms. The predicted octanol–water partition coefficient (Wildman–Crippen LogP) is 3.11. The molecule has 0 N–H and O–H groups in total. The van der Waals surface area contributed by atoms with Gasteiger partial charge in [0.05, 0.1) is 0 Å². The fraction of sp³-hybridized carbons (Fsp3) is 0.500. The third kappa shape index (κ3) is 1.79. The molecule has 0 aliphatic carbocycles. The van der Waals surface area contributed by atoms with E-state index in [1.807, 2.05) is 12.1 Å². The summed E-state index contributed by atoms with van der Waals surface area (Å²) < 4.78 is 0. The molecule has 1 nitrogen and oxygen atoms in total. The summed E-state index contributed by atoms with van der Waals surface area (Å²) in [5.74, 6) is 0. The molecule has 0 atom stereocenters. The van der Waals surface area contributed by atoms with E-state index in [9.17, 15) is 0 Å². The van der Waals surface area contributed by atoms with Gasteiger partial charge in [-0.25, -0.2) is 0 Å². The molecule has 0 amide bonds. The molecule has 0 aromatic heterocycles. The quantitative estimate of drug-likeness (QED) is 0.687. The van der Waals surface area contributed by atoms with Crippen LogP contribution in [0.4, 0.5) is 0 Å². The predicted molar refractivity (Wildman–Crippen MR) is 60.7 cm³/mol. The van der Waals surface area contributed by atoms with Crippen molar-refractivity contribution in [1.29, 1.82) is 0 Å². The topological polar surface area (TPSA) is 3.24 Å². The maximum absolute atomic E-state index is 6.19. The lowest BCUT2D eigenvalue weighted by Gasteiger charge is -2.32. The normalized spacial score (nSPS) is 17.1. The standard InChI is InChI=1S/C12H16ClN/c1-9(2)14-7-6-10-4-3-5-12(13)11(10)8-14/h3-5,9H,6-8H2,1-2H3. The van der Waals surface area contributed by atoms with Crippen LogP contribution in [0.25, 0.3) is 0 Å². The Morgan fingerprint density at radius 3 is 2.86 bits per heavy atom. The SMILES string of the molecule is CC(C)N1CCc2cccc(Cl)c2C1. The molecule has 1 aromatic carbocycles. The van der Waals surface area contributed by atoms with E-state index in [0.29, 0.717) is 6.04 Å². The van der Waals surface area contributed by atoms with Gasteiger partial charge in [-0.2, -0.15) is 0 Å². The van der Waals surface area contributed by atoms with Crippen molar-refractivity contribution in [2.75, 3.05) is 6.54 Å². The maximum atomic E-state index is 6.19. The van der Waals surface area contributed by atoms with Crippen molar-refractivity contribution in [2.24, 2.45) is 0 Å². The van der Waals surface area contributed by atoms with Gasteiger partial charge >= 0.3 is 0 Å². The summed E-state index contributed by atoms with van der Waals surface area (Å²) in [6.07, 6.45) is 1.13. The molecule has 0 unspecified atom stereocenters. The smallest absolute Gasteiger partial charge is 0.0453 e. The number of fused-ring (bicyclic) bond motifs is 1. The molecule has 0 saturated carbocycles. The van der Waals surface area contributed by atoms with Crippen LogP contribution < -0.4 is 0 Å². The first-order valence-electron chi connectivity index (χ1n) is 5.19. The molecule has 2 rings (SSSR count). The molecule has 0 spiro atoms. The van der Waals surface area contributed by atoms with E-state index in [1.165, 1.54) is 11.1 Å². The minimum absolute atomic E-state index is 0.611. The van der Waals surface area contributed by atoms with Gasteiger partial charge in [-0.05, 0) is 37.5 Å². The number of rotatable bonds is 1. The Labute approximate surface area is 90.7 Å². The average Bonchev–Trinajstić information content (AvgIpc) is 2.18. The van der Waals surface area contributed by atoms with Crippen LogP contribution in [-0.4, -0.2) is 17.5 Å². The van der Waals surface area contributed by atoms with E-state index in [1.54, 1.807) is 0 Å². The Morgan fingerprint density at radius 1 is 1.36 bits per heavy atom. The summed E-state index contributed by atoms with van der Waals surface area (Å²) in [6.45, 7) is 6.64. The van der Waals surface area contributed by atoms with Gasteiger partial charge in [0.2, 0.25) is 0 Å². The summed E-state index contributed by atoms with van der Waals surface area (Å²) in [5, 5.41) is 0.924. The molecule has 1 aromatic rings. The largest absolute Gasteiger partial charge is 0.296 e. The van der Waals surface area contributed by atoms with Gasteiger partial charge < -0.3 is 0 Å². The molecule has 0 fully saturated rings. The average molecular weight is 210 g/mol. The zero-order chi connectivity index (χ0) is 10.1. The lowest BCUT2D eigenvalue weighted by atomic mass is 9.99. The Balaban J connectivity index is 2.29. The summed E-state index contributed by atoms with van der Waals surface area (Å²) >= 11 is 6.19. The van der Waals surface area contributed by atoms with Crippen molar-refractivity contribution in [1.82, 2.24) is 4.90 Å². The van der Waals surface area contributed by atoms with Gasteiger partial charge in [0, 0.05) is 24.2 Å². The third-order valence-electron chi connectivity index (χ3n) is 2.98. The lowest BCUT2D eigenvalue weighted by molar-refractivity contribution is 0.203. The van der Waals surface area contributed by atoms with Crippen LogP contribution in [0.15, 0.2) is 18.2 Å². The highest BCUT2D eigenvalue weighted by Crippen LogP contribution is 2.26. The van der Waals surface area contributed by atoms with Crippen LogP contribution in [0.3, 0.4) is 0 Å². The highest BCUT2D eigenvalue weighted by molar-refractivity contribution is 6.31. The van der Waals surface area contributed by atoms with Crippen molar-refractivity contribution in [2.45, 2.75) is 32.9 Å². The van der Waals surface area contributed by atoms with Crippen LogP contribution >= 0.6 is 11.6 Å². The van der Waals surface area contributed by atoms with Crippen LogP contribution in [0.2, 0.25) is 5.02 Å². The minimum Gasteiger partial charge on any atom is -0.296 e. The van der Waals surface area contributed by atoms with Crippen LogP contribution in [-0.2, 0) is 13.0 Å². The Hall–Kier alpha value is -0.530. The maximum Gasteiger partial charge on any atom is 0.0453 e. The van der Waals surface area contributed by atoms with Gasteiger partial charge in [0.15, 0.2) is 0 Å². The number of halogens is 1. The van der Waals surface area contributed by atoms with E-state index in [2.05, 4.69) is 24.8 Å². The first-order valence-corrected chi connectivity index (χ1v) is 5.56. The van der Waals surface area contributed by atoms with Gasteiger partial charge in [-0.1, -0.05) is 23.7 Å². The van der Waals surface area contributed by atoms with Gasteiger partial charge in [-0.15, -0.1) is 0 Å². The monoisotopic (exact) mass is 209 g/mol. The lowest BCUT2D eigenvalue weighted by Crippen LogP contribution is -2.35. The van der Waals surface area contributed by atoms with Crippen molar-refractivity contribution >= 4 is 11.6 Å². The minimum atomic E-state index is 0.611. The van der Waals surface area contributed by atoms with E-state index in [4.69, 9.17) is 11.6 Å². The second kappa shape index (κ2) is 3.92. The molecular weight excluding hydrogens is 194 g/mol. The van der Waals surface area contributed by atoms with Gasteiger partial charge in [-0.3, -0.25) is 4.90 Å². The zero-order valence-corrected chi connectivity index (χ0v) is 9.51. The van der Waals surface area contributed by atoms with Crippen molar-refractivity contribution in [3.05, 3.63) is 34.3 Å². The molecule has 0 saturated heterocycles. The van der Waals surface area contributed by atoms with Crippen molar-refractivity contribution < 1.29 is 0 Å². The van der Waals surface area contributed by atoms with E-state index < -0.39 is 0 Å². The summed E-state index contributed by atoms with van der Waals surface area (Å²) in [7, 11) is 0. The van der Waals surface area contributed by atoms with Crippen LogP contribution in [0.1, 0.15) is 25.0 Å². The van der Waals surface area contributed by atoms with Crippen LogP contribution in [0.5, 0.6) is 0 Å². The fourth-order valence-corrected chi connectivity index (χ4v) is 2.26. The molecule has 2 heteroatoms. The van der Waals surface area contributed by atoms with Crippen molar-refractivity contribution in [3.63, 3.8) is 0 Å². The first-order chi connectivity index (χ1) is 6.68. The van der Waals surface area contributed by atoms with Gasteiger partial charge in [0.25, 0.3) is 0 Å². The summed E-state index contributed by atoms with van der Waals surface area (Å²) in [5.41, 5.74) is 2.75. The second-order valence-corrected chi connectivity index (χ2v) is 4.60. The Kier molecular flexibility index (Phi) is 2.80. The molecule has 1 aliphatic heterocycles. The molecule has 1 aliphatic rings. The molecule has 14 heavy (non-hydrogen) atoms. The molecule has 76 valence electrons. The molecule has 1 heterocycles. The third-order valence-corrected chi connectivity index (χ3v) is 3.33.